The fourth-order valence-electron chi connectivity index (χ4n) is 5.99. The third kappa shape index (κ3) is 4.16. The summed E-state index contributed by atoms with van der Waals surface area (Å²) in [6.07, 6.45) is 3.10. The smallest absolute Gasteiger partial charge is 0.244 e. The van der Waals surface area contributed by atoms with Gasteiger partial charge in [-0.1, -0.05) is 50.6 Å². The SMILES string of the molecule is CCCCNC(=O)C1N(CCCO)C(=O)[C@@H]2[C@@H](C(=O)NCc3ccccc3)[C@H]3CC(C)C12S3. The highest BCUT2D eigenvalue weighted by atomic mass is 32.2. The molecule has 8 heteroatoms. The molecule has 0 saturated carbocycles. The van der Waals surface area contributed by atoms with Crippen LogP contribution >= 0.6 is 11.8 Å². The Kier molecular flexibility index (Phi) is 7.34. The van der Waals surface area contributed by atoms with Crippen molar-refractivity contribution in [3.63, 3.8) is 0 Å². The van der Waals surface area contributed by atoms with Crippen molar-refractivity contribution in [1.82, 2.24) is 15.5 Å². The third-order valence-corrected chi connectivity index (χ3v) is 9.57. The molecule has 3 aliphatic rings. The quantitative estimate of drug-likeness (QED) is 0.451. The molecule has 1 aromatic rings. The van der Waals surface area contributed by atoms with Crippen LogP contribution in [0.3, 0.4) is 0 Å². The molecule has 3 amide bonds. The van der Waals surface area contributed by atoms with Gasteiger partial charge >= 0.3 is 0 Å². The molecule has 0 radical (unpaired) electrons. The van der Waals surface area contributed by atoms with E-state index in [-0.39, 0.29) is 35.5 Å². The highest BCUT2D eigenvalue weighted by Crippen LogP contribution is 2.68. The van der Waals surface area contributed by atoms with Crippen LogP contribution in [0.4, 0.5) is 0 Å². The maximum atomic E-state index is 13.7. The molecule has 6 atom stereocenters. The molecule has 0 aromatic heterocycles. The highest BCUT2D eigenvalue weighted by Gasteiger charge is 2.75. The largest absolute Gasteiger partial charge is 0.396 e. The van der Waals surface area contributed by atoms with E-state index in [1.54, 1.807) is 16.7 Å². The number of hydrogen-bond acceptors (Lipinski definition) is 5. The van der Waals surface area contributed by atoms with Crippen LogP contribution < -0.4 is 10.6 Å². The summed E-state index contributed by atoms with van der Waals surface area (Å²) in [6, 6.07) is 9.14. The molecule has 7 nitrogen and oxygen atoms in total. The average molecular weight is 474 g/mol. The Morgan fingerprint density at radius 3 is 2.64 bits per heavy atom. The number of aliphatic hydroxyl groups excluding tert-OH is 1. The number of carbonyl (C=O) groups excluding carboxylic acids is 3. The van der Waals surface area contributed by atoms with E-state index in [2.05, 4.69) is 24.5 Å². The number of benzene rings is 1. The molecule has 1 spiro atoms. The van der Waals surface area contributed by atoms with E-state index < -0.39 is 22.6 Å². The standard InChI is InChI=1S/C25H35N3O4S/c1-3-4-11-26-23(31)21-25-16(2)14-18(33-25)19(20(25)24(32)28(21)12-8-13-29)22(30)27-15-17-9-6-5-7-10-17/h5-7,9-10,16,18-21,29H,3-4,8,11-15H2,1-2H3,(H,26,31)(H,27,30)/t16?,18-,19+,20+,21?,25?/m1/s1. The number of thioether (sulfide) groups is 1. The van der Waals surface area contributed by atoms with Crippen LogP contribution in [-0.2, 0) is 20.9 Å². The molecule has 3 heterocycles. The minimum Gasteiger partial charge on any atom is -0.396 e. The lowest BCUT2D eigenvalue weighted by Gasteiger charge is -2.38. The normalized spacial score (nSPS) is 32.2. The summed E-state index contributed by atoms with van der Waals surface area (Å²) in [5.41, 5.74) is 1.01. The Morgan fingerprint density at radius 2 is 1.94 bits per heavy atom. The van der Waals surface area contributed by atoms with Crippen molar-refractivity contribution in [1.29, 1.82) is 0 Å². The first-order valence-corrected chi connectivity index (χ1v) is 13.0. The Hall–Kier alpha value is -2.06. The van der Waals surface area contributed by atoms with Gasteiger partial charge < -0.3 is 20.6 Å². The van der Waals surface area contributed by atoms with Crippen molar-refractivity contribution in [2.24, 2.45) is 17.8 Å². The molecule has 4 rings (SSSR count). The molecule has 3 aliphatic heterocycles. The van der Waals surface area contributed by atoms with Crippen molar-refractivity contribution < 1.29 is 19.5 Å². The lowest BCUT2D eigenvalue weighted by molar-refractivity contribution is -0.140. The predicted octanol–water partition coefficient (Wildman–Crippen LogP) is 1.94. The summed E-state index contributed by atoms with van der Waals surface area (Å²) in [7, 11) is 0. The van der Waals surface area contributed by atoms with Crippen LogP contribution in [0.2, 0.25) is 0 Å². The molecule has 3 fully saturated rings. The number of fused-ring (bicyclic) bond motifs is 1. The van der Waals surface area contributed by atoms with Gasteiger partial charge in [-0.2, -0.15) is 0 Å². The molecule has 0 aliphatic carbocycles. The summed E-state index contributed by atoms with van der Waals surface area (Å²) in [5, 5.41) is 15.5. The zero-order valence-electron chi connectivity index (χ0n) is 19.5. The number of hydrogen-bond donors (Lipinski definition) is 3. The molecular weight excluding hydrogens is 438 g/mol. The zero-order chi connectivity index (χ0) is 23.6. The van der Waals surface area contributed by atoms with Crippen molar-refractivity contribution in [3.05, 3.63) is 35.9 Å². The monoisotopic (exact) mass is 473 g/mol. The number of nitrogens with zero attached hydrogens (tertiary/aromatic N) is 1. The fraction of sp³-hybridized carbons (Fsp3) is 0.640. The first-order valence-electron chi connectivity index (χ1n) is 12.1. The van der Waals surface area contributed by atoms with Gasteiger partial charge in [-0.15, -0.1) is 11.8 Å². The molecule has 180 valence electrons. The van der Waals surface area contributed by atoms with Gasteiger partial charge in [0.25, 0.3) is 0 Å². The van der Waals surface area contributed by atoms with E-state index in [0.29, 0.717) is 26.1 Å². The second kappa shape index (κ2) is 10.1. The lowest BCUT2D eigenvalue weighted by Crippen LogP contribution is -2.56. The van der Waals surface area contributed by atoms with Gasteiger partial charge in [-0.3, -0.25) is 14.4 Å². The second-order valence-corrected chi connectivity index (χ2v) is 11.1. The molecule has 33 heavy (non-hydrogen) atoms. The van der Waals surface area contributed by atoms with Gasteiger partial charge in [0.1, 0.15) is 6.04 Å². The highest BCUT2D eigenvalue weighted by molar-refractivity contribution is 8.02. The van der Waals surface area contributed by atoms with Gasteiger partial charge in [0.2, 0.25) is 17.7 Å². The Labute approximate surface area is 200 Å². The zero-order valence-corrected chi connectivity index (χ0v) is 20.3. The van der Waals surface area contributed by atoms with Crippen LogP contribution in [0.25, 0.3) is 0 Å². The summed E-state index contributed by atoms with van der Waals surface area (Å²) in [6.45, 7) is 5.48. The van der Waals surface area contributed by atoms with Crippen LogP contribution in [0.15, 0.2) is 30.3 Å². The molecule has 3 N–H and O–H groups in total. The summed E-state index contributed by atoms with van der Waals surface area (Å²) in [5.74, 6) is -1.12. The second-order valence-electron chi connectivity index (χ2n) is 9.51. The van der Waals surface area contributed by atoms with Crippen LogP contribution in [0, 0.1) is 17.8 Å². The number of amides is 3. The molecule has 1 aromatic carbocycles. The molecule has 2 bridgehead atoms. The average Bonchev–Trinajstić information content (AvgIpc) is 3.40. The van der Waals surface area contributed by atoms with Crippen molar-refractivity contribution in [2.75, 3.05) is 19.7 Å². The van der Waals surface area contributed by atoms with E-state index in [1.807, 2.05) is 30.3 Å². The number of unbranched alkanes of at least 4 members (excludes halogenated alkanes) is 1. The van der Waals surface area contributed by atoms with Crippen molar-refractivity contribution in [2.45, 2.75) is 62.1 Å². The summed E-state index contributed by atoms with van der Waals surface area (Å²) in [4.78, 5) is 42.2. The Balaban J connectivity index is 1.60. The van der Waals surface area contributed by atoms with E-state index in [4.69, 9.17) is 0 Å². The molecular formula is C25H35N3O4S. The number of nitrogens with one attached hydrogen (secondary N) is 2. The number of likely N-dealkylation sites (tertiary alicyclic amines) is 1. The number of rotatable bonds is 10. The first-order chi connectivity index (χ1) is 16.0. The first kappa shape index (κ1) is 24.1. The van der Waals surface area contributed by atoms with E-state index >= 15 is 0 Å². The van der Waals surface area contributed by atoms with Gasteiger partial charge in [0.05, 0.1) is 16.6 Å². The predicted molar refractivity (Wildman–Crippen MR) is 128 cm³/mol. The number of aliphatic hydroxyl groups is 1. The van der Waals surface area contributed by atoms with E-state index in [1.165, 1.54) is 0 Å². The third-order valence-electron chi connectivity index (χ3n) is 7.49. The Bertz CT molecular complexity index is 882. The van der Waals surface area contributed by atoms with Crippen molar-refractivity contribution in [3.8, 4) is 0 Å². The molecule has 3 unspecified atom stereocenters. The van der Waals surface area contributed by atoms with Gasteiger partial charge in [0.15, 0.2) is 0 Å². The van der Waals surface area contributed by atoms with Crippen LogP contribution in [0.5, 0.6) is 0 Å². The minimum absolute atomic E-state index is 0.0376. The minimum atomic E-state index is -0.602. The lowest BCUT2D eigenvalue weighted by atomic mass is 9.66. The van der Waals surface area contributed by atoms with Gasteiger partial charge in [-0.05, 0) is 30.7 Å². The fourth-order valence-corrected chi connectivity index (χ4v) is 8.41. The van der Waals surface area contributed by atoms with Crippen LogP contribution in [-0.4, -0.2) is 63.5 Å². The Morgan fingerprint density at radius 1 is 1.18 bits per heavy atom. The number of carbonyl (C=O) groups is 3. The maximum Gasteiger partial charge on any atom is 0.244 e. The van der Waals surface area contributed by atoms with E-state index in [9.17, 15) is 19.5 Å². The van der Waals surface area contributed by atoms with E-state index in [0.717, 1.165) is 24.8 Å². The van der Waals surface area contributed by atoms with Crippen molar-refractivity contribution >= 4 is 29.5 Å². The summed E-state index contributed by atoms with van der Waals surface area (Å²) < 4.78 is -0.595. The van der Waals surface area contributed by atoms with Crippen LogP contribution in [0.1, 0.15) is 45.1 Å². The maximum absolute atomic E-state index is 13.7. The van der Waals surface area contributed by atoms with Gasteiger partial charge in [-0.25, -0.2) is 0 Å². The molecule has 3 saturated heterocycles. The summed E-state index contributed by atoms with van der Waals surface area (Å²) >= 11 is 1.69. The topological polar surface area (TPSA) is 98.7 Å². The van der Waals surface area contributed by atoms with Gasteiger partial charge in [0, 0.05) is 31.5 Å².